The lowest BCUT2D eigenvalue weighted by Crippen LogP contribution is -2.30. The molecule has 1 aromatic rings. The zero-order chi connectivity index (χ0) is 10.7. The first-order chi connectivity index (χ1) is 7.29. The summed E-state index contributed by atoms with van der Waals surface area (Å²) in [5.74, 6) is -0.467. The number of hydrogen-bond acceptors (Lipinski definition) is 6. The Morgan fingerprint density at radius 3 is 2.80 bits per heavy atom. The van der Waals surface area contributed by atoms with Gasteiger partial charge in [-0.2, -0.15) is 0 Å². The zero-order valence-electron chi connectivity index (χ0n) is 8.17. The standard InChI is InChI=1S/C9H10N2O3S/c1-13-9(12)7-2-11-8(3-10-7)15-6-4-14-5-6/h2-3,6H,4-5H2,1H3. The van der Waals surface area contributed by atoms with Crippen LogP contribution >= 0.6 is 11.8 Å². The molecule has 0 aromatic carbocycles. The normalized spacial score (nSPS) is 15.8. The average Bonchev–Trinajstić information content (AvgIpc) is 2.23. The first-order valence-corrected chi connectivity index (χ1v) is 5.32. The van der Waals surface area contributed by atoms with E-state index in [9.17, 15) is 4.79 Å². The summed E-state index contributed by atoms with van der Waals surface area (Å²) in [6, 6.07) is 0. The van der Waals surface area contributed by atoms with E-state index in [1.54, 1.807) is 18.0 Å². The third-order valence-corrected chi connectivity index (χ3v) is 2.98. The molecule has 15 heavy (non-hydrogen) atoms. The summed E-state index contributed by atoms with van der Waals surface area (Å²) in [5, 5.41) is 1.26. The van der Waals surface area contributed by atoms with Gasteiger partial charge in [-0.05, 0) is 0 Å². The minimum Gasteiger partial charge on any atom is -0.464 e. The smallest absolute Gasteiger partial charge is 0.358 e. The van der Waals surface area contributed by atoms with Crippen molar-refractivity contribution in [2.45, 2.75) is 10.3 Å². The van der Waals surface area contributed by atoms with Crippen LogP contribution in [-0.4, -0.2) is 41.5 Å². The summed E-state index contributed by atoms with van der Waals surface area (Å²) in [7, 11) is 1.32. The number of aromatic nitrogens is 2. The van der Waals surface area contributed by atoms with Crippen molar-refractivity contribution in [3.8, 4) is 0 Å². The molecule has 6 heteroatoms. The summed E-state index contributed by atoms with van der Waals surface area (Å²) in [5.41, 5.74) is 0.228. The third kappa shape index (κ3) is 2.45. The van der Waals surface area contributed by atoms with Gasteiger partial charge in [-0.25, -0.2) is 14.8 Å². The molecule has 1 aliphatic heterocycles. The molecule has 80 valence electrons. The number of ether oxygens (including phenoxy) is 2. The van der Waals surface area contributed by atoms with Gasteiger partial charge in [0.25, 0.3) is 0 Å². The van der Waals surface area contributed by atoms with E-state index >= 15 is 0 Å². The Hall–Kier alpha value is -1.14. The highest BCUT2D eigenvalue weighted by Gasteiger charge is 2.20. The molecule has 0 aliphatic carbocycles. The van der Waals surface area contributed by atoms with Gasteiger partial charge in [0.2, 0.25) is 0 Å². The van der Waals surface area contributed by atoms with Gasteiger partial charge in [-0.15, -0.1) is 0 Å². The van der Waals surface area contributed by atoms with Crippen molar-refractivity contribution in [1.82, 2.24) is 9.97 Å². The van der Waals surface area contributed by atoms with Gasteiger partial charge in [0, 0.05) is 0 Å². The second-order valence-corrected chi connectivity index (χ2v) is 4.33. The Balaban J connectivity index is 1.99. The lowest BCUT2D eigenvalue weighted by molar-refractivity contribution is 0.0454. The average molecular weight is 226 g/mol. The number of methoxy groups -OCH3 is 1. The van der Waals surface area contributed by atoms with Gasteiger partial charge < -0.3 is 9.47 Å². The summed E-state index contributed by atoms with van der Waals surface area (Å²) in [6.07, 6.45) is 3.00. The van der Waals surface area contributed by atoms with Crippen LogP contribution in [0.5, 0.6) is 0 Å². The van der Waals surface area contributed by atoms with Crippen LogP contribution < -0.4 is 0 Å². The fourth-order valence-electron chi connectivity index (χ4n) is 1.04. The maximum absolute atomic E-state index is 11.1. The van der Waals surface area contributed by atoms with E-state index in [4.69, 9.17) is 4.74 Å². The second-order valence-electron chi connectivity index (χ2n) is 3.01. The van der Waals surface area contributed by atoms with Crippen LogP contribution in [-0.2, 0) is 9.47 Å². The molecule has 1 aliphatic rings. The van der Waals surface area contributed by atoms with Crippen molar-refractivity contribution in [2.75, 3.05) is 20.3 Å². The molecule has 1 fully saturated rings. The number of esters is 1. The summed E-state index contributed by atoms with van der Waals surface area (Å²) in [6.45, 7) is 1.51. The van der Waals surface area contributed by atoms with Crippen LogP contribution in [0, 0.1) is 0 Å². The first-order valence-electron chi connectivity index (χ1n) is 4.44. The van der Waals surface area contributed by atoms with Crippen molar-refractivity contribution < 1.29 is 14.3 Å². The minimum absolute atomic E-state index is 0.228. The topological polar surface area (TPSA) is 61.3 Å². The number of hydrogen-bond donors (Lipinski definition) is 0. The minimum atomic E-state index is -0.467. The monoisotopic (exact) mass is 226 g/mol. The third-order valence-electron chi connectivity index (χ3n) is 1.92. The molecular weight excluding hydrogens is 216 g/mol. The Kier molecular flexibility index (Phi) is 3.17. The highest BCUT2D eigenvalue weighted by molar-refractivity contribution is 8.00. The van der Waals surface area contributed by atoms with E-state index < -0.39 is 5.97 Å². The number of carbonyl (C=O) groups is 1. The molecule has 0 saturated carbocycles. The molecule has 0 N–H and O–H groups in total. The first kappa shape index (κ1) is 10.4. The fourth-order valence-corrected chi connectivity index (χ4v) is 1.94. The molecule has 0 bridgehead atoms. The van der Waals surface area contributed by atoms with Crippen LogP contribution in [0.15, 0.2) is 17.4 Å². The molecule has 5 nitrogen and oxygen atoms in total. The Labute approximate surface area is 91.2 Å². The molecule has 2 heterocycles. The van der Waals surface area contributed by atoms with E-state index in [2.05, 4.69) is 14.7 Å². The van der Waals surface area contributed by atoms with Crippen LogP contribution in [0.3, 0.4) is 0 Å². The van der Waals surface area contributed by atoms with E-state index in [0.29, 0.717) is 5.25 Å². The van der Waals surface area contributed by atoms with Crippen molar-refractivity contribution in [3.05, 3.63) is 18.1 Å². The van der Waals surface area contributed by atoms with Crippen molar-refractivity contribution >= 4 is 17.7 Å². The molecule has 0 radical (unpaired) electrons. The van der Waals surface area contributed by atoms with Gasteiger partial charge in [0.05, 0.1) is 38.0 Å². The molecule has 2 rings (SSSR count). The van der Waals surface area contributed by atoms with Crippen LogP contribution in [0.4, 0.5) is 0 Å². The molecule has 1 saturated heterocycles. The van der Waals surface area contributed by atoms with Crippen molar-refractivity contribution in [3.63, 3.8) is 0 Å². The Bertz CT molecular complexity index is 351. The van der Waals surface area contributed by atoms with Crippen LogP contribution in [0.2, 0.25) is 0 Å². The lowest BCUT2D eigenvalue weighted by atomic mass is 10.4. The van der Waals surface area contributed by atoms with Gasteiger partial charge in [-0.3, -0.25) is 0 Å². The maximum Gasteiger partial charge on any atom is 0.358 e. The molecule has 0 unspecified atom stereocenters. The number of carbonyl (C=O) groups excluding carboxylic acids is 1. The summed E-state index contributed by atoms with van der Waals surface area (Å²) >= 11 is 1.61. The summed E-state index contributed by atoms with van der Waals surface area (Å²) < 4.78 is 9.56. The summed E-state index contributed by atoms with van der Waals surface area (Å²) in [4.78, 5) is 19.1. The molecule has 0 atom stereocenters. The maximum atomic E-state index is 11.1. The van der Waals surface area contributed by atoms with Gasteiger partial charge in [0.1, 0.15) is 5.03 Å². The van der Waals surface area contributed by atoms with Gasteiger partial charge in [-0.1, -0.05) is 11.8 Å². The lowest BCUT2D eigenvalue weighted by Gasteiger charge is -2.24. The quantitative estimate of drug-likeness (QED) is 0.709. The SMILES string of the molecule is COC(=O)c1cnc(SC2COC2)cn1. The molecule has 0 spiro atoms. The van der Waals surface area contributed by atoms with Crippen LogP contribution in [0.1, 0.15) is 10.5 Å². The number of thioether (sulfide) groups is 1. The van der Waals surface area contributed by atoms with Gasteiger partial charge in [0.15, 0.2) is 5.69 Å². The second kappa shape index (κ2) is 4.59. The highest BCUT2D eigenvalue weighted by Crippen LogP contribution is 2.25. The Morgan fingerprint density at radius 1 is 1.53 bits per heavy atom. The van der Waals surface area contributed by atoms with Crippen molar-refractivity contribution in [2.24, 2.45) is 0 Å². The van der Waals surface area contributed by atoms with Gasteiger partial charge >= 0.3 is 5.97 Å². The predicted octanol–water partition coefficient (Wildman–Crippen LogP) is 0.754. The molecule has 0 amide bonds. The van der Waals surface area contributed by atoms with E-state index in [0.717, 1.165) is 18.2 Å². The number of nitrogens with zero attached hydrogens (tertiary/aromatic N) is 2. The number of rotatable bonds is 3. The highest BCUT2D eigenvalue weighted by atomic mass is 32.2. The zero-order valence-corrected chi connectivity index (χ0v) is 8.99. The van der Waals surface area contributed by atoms with E-state index in [-0.39, 0.29) is 5.69 Å². The van der Waals surface area contributed by atoms with Crippen LogP contribution in [0.25, 0.3) is 0 Å². The largest absolute Gasteiger partial charge is 0.464 e. The molecular formula is C9H10N2O3S. The fraction of sp³-hybridized carbons (Fsp3) is 0.444. The molecule has 1 aromatic heterocycles. The van der Waals surface area contributed by atoms with E-state index in [1.807, 2.05) is 0 Å². The van der Waals surface area contributed by atoms with Crippen molar-refractivity contribution in [1.29, 1.82) is 0 Å². The predicted molar refractivity (Wildman–Crippen MR) is 53.8 cm³/mol. The van der Waals surface area contributed by atoms with E-state index in [1.165, 1.54) is 13.3 Å². The Morgan fingerprint density at radius 2 is 2.33 bits per heavy atom.